The van der Waals surface area contributed by atoms with Gasteiger partial charge in [0.15, 0.2) is 5.82 Å². The lowest BCUT2D eigenvalue weighted by atomic mass is 10.1. The highest BCUT2D eigenvalue weighted by atomic mass is 16.2. The third-order valence-corrected chi connectivity index (χ3v) is 4.04. The van der Waals surface area contributed by atoms with Crippen LogP contribution in [-0.4, -0.2) is 15.8 Å². The zero-order chi connectivity index (χ0) is 17.1. The zero-order valence-electron chi connectivity index (χ0n) is 14.0. The summed E-state index contributed by atoms with van der Waals surface area (Å²) in [6.45, 7) is 4.00. The Morgan fingerprint density at radius 3 is 2.50 bits per heavy atom. The average Bonchev–Trinajstić information content (AvgIpc) is 2.93. The van der Waals surface area contributed by atoms with E-state index in [4.69, 9.17) is 0 Å². The van der Waals surface area contributed by atoms with E-state index in [0.29, 0.717) is 5.82 Å². The number of nitrogens with one attached hydrogen (secondary N) is 2. The van der Waals surface area contributed by atoms with Gasteiger partial charge in [0.25, 0.3) is 0 Å². The number of aromatic nitrogens is 2. The minimum Gasteiger partial charge on any atom is -0.307 e. The van der Waals surface area contributed by atoms with Gasteiger partial charge in [-0.25, -0.2) is 4.79 Å². The van der Waals surface area contributed by atoms with E-state index in [1.165, 1.54) is 0 Å². The van der Waals surface area contributed by atoms with Crippen molar-refractivity contribution < 1.29 is 4.79 Å². The van der Waals surface area contributed by atoms with Crippen LogP contribution in [0, 0.1) is 13.8 Å². The number of urea groups is 1. The van der Waals surface area contributed by atoms with Crippen molar-refractivity contribution in [3.63, 3.8) is 0 Å². The lowest BCUT2D eigenvalue weighted by molar-refractivity contribution is 0.262. The van der Waals surface area contributed by atoms with Crippen LogP contribution >= 0.6 is 0 Å². The third-order valence-electron chi connectivity index (χ3n) is 4.04. The van der Waals surface area contributed by atoms with E-state index < -0.39 is 0 Å². The number of carbonyl (C=O) groups is 1. The summed E-state index contributed by atoms with van der Waals surface area (Å²) in [4.78, 5) is 12.2. The van der Waals surface area contributed by atoms with E-state index in [-0.39, 0.29) is 6.03 Å². The van der Waals surface area contributed by atoms with Gasteiger partial charge in [-0.05, 0) is 36.6 Å². The lowest BCUT2D eigenvalue weighted by Crippen LogP contribution is -2.20. The van der Waals surface area contributed by atoms with Gasteiger partial charge in [0.05, 0.1) is 5.69 Å². The summed E-state index contributed by atoms with van der Waals surface area (Å²) in [7, 11) is 1.86. The molecule has 122 valence electrons. The number of hydrogen-bond acceptors (Lipinski definition) is 2. The van der Waals surface area contributed by atoms with Gasteiger partial charge in [-0.3, -0.25) is 10.00 Å². The number of amides is 2. The predicted molar refractivity (Wildman–Crippen MR) is 97.2 cm³/mol. The molecule has 0 aliphatic rings. The summed E-state index contributed by atoms with van der Waals surface area (Å²) in [5.41, 5.74) is 4.98. The smallest absolute Gasteiger partial charge is 0.307 e. The largest absolute Gasteiger partial charge is 0.324 e. The fourth-order valence-corrected chi connectivity index (χ4v) is 2.56. The molecule has 0 saturated carbocycles. The van der Waals surface area contributed by atoms with Crippen LogP contribution in [0.4, 0.5) is 16.3 Å². The van der Waals surface area contributed by atoms with Gasteiger partial charge in [-0.15, -0.1) is 0 Å². The number of nitrogens with zero attached hydrogens (tertiary/aromatic N) is 2. The standard InChI is InChI=1S/C19H20N4O/c1-13-8-7-11-16(14(13)2)20-19(24)21-18-12-17(23(3)22-18)15-9-5-4-6-10-15/h4-12H,1-3H3,(H2,20,21,22,24). The Morgan fingerprint density at radius 1 is 1.00 bits per heavy atom. The Labute approximate surface area is 141 Å². The molecule has 5 heteroatoms. The number of hydrogen-bond donors (Lipinski definition) is 2. The van der Waals surface area contributed by atoms with Crippen molar-refractivity contribution in [2.24, 2.45) is 7.05 Å². The molecule has 0 unspecified atom stereocenters. The van der Waals surface area contributed by atoms with E-state index in [9.17, 15) is 4.79 Å². The van der Waals surface area contributed by atoms with Gasteiger partial charge in [0.1, 0.15) is 0 Å². The lowest BCUT2D eigenvalue weighted by Gasteiger charge is -2.10. The molecule has 3 rings (SSSR count). The molecule has 0 saturated heterocycles. The fraction of sp³-hybridized carbons (Fsp3) is 0.158. The highest BCUT2D eigenvalue weighted by Gasteiger charge is 2.11. The Morgan fingerprint density at radius 2 is 1.75 bits per heavy atom. The molecule has 1 aromatic heterocycles. The van der Waals surface area contributed by atoms with Gasteiger partial charge in [-0.1, -0.05) is 42.5 Å². The first kappa shape index (κ1) is 15.8. The minimum atomic E-state index is -0.304. The average molecular weight is 320 g/mol. The number of aryl methyl sites for hydroxylation is 2. The molecule has 24 heavy (non-hydrogen) atoms. The fourth-order valence-electron chi connectivity index (χ4n) is 2.56. The van der Waals surface area contributed by atoms with Crippen molar-refractivity contribution in [2.45, 2.75) is 13.8 Å². The maximum Gasteiger partial charge on any atom is 0.324 e. The molecule has 0 spiro atoms. The first-order valence-corrected chi connectivity index (χ1v) is 7.78. The molecular weight excluding hydrogens is 300 g/mol. The maximum absolute atomic E-state index is 12.2. The summed E-state index contributed by atoms with van der Waals surface area (Å²) >= 11 is 0. The third kappa shape index (κ3) is 3.30. The van der Waals surface area contributed by atoms with Crippen LogP contribution in [0.15, 0.2) is 54.6 Å². The second-order valence-corrected chi connectivity index (χ2v) is 5.73. The molecule has 2 aromatic carbocycles. The Balaban J connectivity index is 1.75. The molecule has 2 amide bonds. The topological polar surface area (TPSA) is 59.0 Å². The van der Waals surface area contributed by atoms with Gasteiger partial charge >= 0.3 is 6.03 Å². The van der Waals surface area contributed by atoms with Crippen LogP contribution in [0.5, 0.6) is 0 Å². The number of rotatable bonds is 3. The van der Waals surface area contributed by atoms with Gasteiger partial charge in [-0.2, -0.15) is 5.10 Å². The van der Waals surface area contributed by atoms with Crippen molar-refractivity contribution in [1.29, 1.82) is 0 Å². The SMILES string of the molecule is Cc1cccc(NC(=O)Nc2cc(-c3ccccc3)n(C)n2)c1C. The summed E-state index contributed by atoms with van der Waals surface area (Å²) < 4.78 is 1.75. The minimum absolute atomic E-state index is 0.304. The molecule has 0 aliphatic carbocycles. The van der Waals surface area contributed by atoms with Crippen molar-refractivity contribution in [3.8, 4) is 11.3 Å². The molecule has 3 aromatic rings. The molecule has 0 radical (unpaired) electrons. The summed E-state index contributed by atoms with van der Waals surface area (Å²) in [5, 5.41) is 10.0. The van der Waals surface area contributed by atoms with Crippen LogP contribution < -0.4 is 10.6 Å². The molecule has 0 atom stereocenters. The summed E-state index contributed by atoms with van der Waals surface area (Å²) in [5.74, 6) is 0.513. The zero-order valence-corrected chi connectivity index (χ0v) is 14.0. The van der Waals surface area contributed by atoms with E-state index in [0.717, 1.165) is 28.1 Å². The Hall–Kier alpha value is -3.08. The maximum atomic E-state index is 12.2. The van der Waals surface area contributed by atoms with E-state index in [1.54, 1.807) is 4.68 Å². The van der Waals surface area contributed by atoms with Gasteiger partial charge in [0, 0.05) is 18.8 Å². The van der Waals surface area contributed by atoms with Crippen LogP contribution in [0.3, 0.4) is 0 Å². The highest BCUT2D eigenvalue weighted by Crippen LogP contribution is 2.22. The van der Waals surface area contributed by atoms with Gasteiger partial charge < -0.3 is 5.32 Å². The normalized spacial score (nSPS) is 10.5. The second-order valence-electron chi connectivity index (χ2n) is 5.73. The van der Waals surface area contributed by atoms with Crippen LogP contribution in [0.1, 0.15) is 11.1 Å². The van der Waals surface area contributed by atoms with Crippen molar-refractivity contribution >= 4 is 17.5 Å². The van der Waals surface area contributed by atoms with Crippen molar-refractivity contribution in [3.05, 3.63) is 65.7 Å². The Kier molecular flexibility index (Phi) is 4.33. The molecule has 2 N–H and O–H groups in total. The number of benzene rings is 2. The van der Waals surface area contributed by atoms with Crippen LogP contribution in [-0.2, 0) is 7.05 Å². The van der Waals surface area contributed by atoms with E-state index in [2.05, 4.69) is 15.7 Å². The molecule has 0 aliphatic heterocycles. The highest BCUT2D eigenvalue weighted by molar-refractivity contribution is 6.00. The van der Waals surface area contributed by atoms with Gasteiger partial charge in [0.2, 0.25) is 0 Å². The van der Waals surface area contributed by atoms with Crippen LogP contribution in [0.2, 0.25) is 0 Å². The predicted octanol–water partition coefficient (Wildman–Crippen LogP) is 4.35. The van der Waals surface area contributed by atoms with Crippen LogP contribution in [0.25, 0.3) is 11.3 Å². The number of anilines is 2. The first-order chi connectivity index (χ1) is 11.5. The molecule has 5 nitrogen and oxygen atoms in total. The first-order valence-electron chi connectivity index (χ1n) is 7.78. The summed E-state index contributed by atoms with van der Waals surface area (Å²) in [6, 6.07) is 17.3. The number of carbonyl (C=O) groups excluding carboxylic acids is 1. The van der Waals surface area contributed by atoms with E-state index in [1.807, 2.05) is 75.5 Å². The monoisotopic (exact) mass is 320 g/mol. The molecular formula is C19H20N4O. The molecule has 0 fully saturated rings. The second kappa shape index (κ2) is 6.58. The molecule has 1 heterocycles. The van der Waals surface area contributed by atoms with E-state index >= 15 is 0 Å². The van der Waals surface area contributed by atoms with Crippen molar-refractivity contribution in [2.75, 3.05) is 10.6 Å². The quantitative estimate of drug-likeness (QED) is 0.754. The molecule has 0 bridgehead atoms. The van der Waals surface area contributed by atoms with Crippen molar-refractivity contribution in [1.82, 2.24) is 9.78 Å². The summed E-state index contributed by atoms with van der Waals surface area (Å²) in [6.07, 6.45) is 0. The Bertz CT molecular complexity index is 868.